The zero-order chi connectivity index (χ0) is 64.7. The molecule has 0 bridgehead atoms. The van der Waals surface area contributed by atoms with Crippen molar-refractivity contribution in [3.8, 4) is 113 Å². The van der Waals surface area contributed by atoms with E-state index in [1.165, 1.54) is 151 Å². The molecule has 16 aromatic rings. The number of aromatic nitrogens is 6. The lowest BCUT2D eigenvalue weighted by molar-refractivity contribution is 0.353. The van der Waals surface area contributed by atoms with Gasteiger partial charge in [0.25, 0.3) is 0 Å². The largest absolute Gasteiger partial charge is 0.456 e. The van der Waals surface area contributed by atoms with Crippen LogP contribution < -0.4 is 0 Å². The fourth-order valence-corrected chi connectivity index (χ4v) is 17.8. The van der Waals surface area contributed by atoms with Crippen LogP contribution in [0.15, 0.2) is 283 Å². The zero-order valence-corrected chi connectivity index (χ0v) is 54.9. The Hall–Kier alpha value is -11.3. The first-order valence-corrected chi connectivity index (χ1v) is 35.5. The number of furan rings is 1. The van der Waals surface area contributed by atoms with Gasteiger partial charge < -0.3 is 4.42 Å². The Bertz CT molecular complexity index is 5300. The van der Waals surface area contributed by atoms with E-state index in [4.69, 9.17) is 34.3 Å². The summed E-state index contributed by atoms with van der Waals surface area (Å²) in [5.41, 5.74) is 24.5. The van der Waals surface area contributed by atoms with Gasteiger partial charge in [-0.3, -0.25) is 0 Å². The van der Waals surface area contributed by atoms with E-state index in [1.54, 1.807) is 0 Å². The van der Waals surface area contributed by atoms with Crippen molar-refractivity contribution >= 4 is 53.4 Å². The average molecular weight is 1280 g/mol. The second-order valence-corrected chi connectivity index (χ2v) is 28.1. The maximum absolute atomic E-state index is 6.36. The van der Waals surface area contributed by atoms with Gasteiger partial charge in [0.05, 0.1) is 0 Å². The van der Waals surface area contributed by atoms with Gasteiger partial charge in [-0.25, -0.2) is 29.9 Å². The molecule has 0 saturated heterocycles. The van der Waals surface area contributed by atoms with E-state index in [1.807, 2.05) is 121 Å². The summed E-state index contributed by atoms with van der Waals surface area (Å²) in [5.74, 6) is 3.97. The highest BCUT2D eigenvalue weighted by Gasteiger charge is 2.45. The van der Waals surface area contributed by atoms with Gasteiger partial charge in [0.2, 0.25) is 0 Å². The van der Waals surface area contributed by atoms with Crippen molar-refractivity contribution in [3.05, 3.63) is 301 Å². The van der Waals surface area contributed by atoms with E-state index in [-0.39, 0.29) is 10.8 Å². The number of hydrogen-bond acceptors (Lipinski definition) is 8. The van der Waals surface area contributed by atoms with Gasteiger partial charge in [-0.1, -0.05) is 245 Å². The predicted octanol–water partition coefficient (Wildman–Crippen LogP) is 23.8. The summed E-state index contributed by atoms with van der Waals surface area (Å²) in [6.45, 7) is 0. The summed E-state index contributed by atoms with van der Waals surface area (Å²) >= 11 is 1.84. The summed E-state index contributed by atoms with van der Waals surface area (Å²) in [5, 5.41) is 4.63. The van der Waals surface area contributed by atoms with Crippen LogP contribution >= 0.6 is 11.3 Å². The van der Waals surface area contributed by atoms with Crippen LogP contribution in [0.5, 0.6) is 0 Å². The predicted molar refractivity (Wildman–Crippen MR) is 402 cm³/mol. The minimum Gasteiger partial charge on any atom is -0.456 e. The third-order valence-corrected chi connectivity index (χ3v) is 22.6. The Labute approximate surface area is 573 Å². The standard InChI is InChI=1S/C45H33N3O.C45H33N3S/c2*1-4-12-29(13-5-1)42-46-43(30-14-6-2-7-15-30)48-44(47-42)33-20-23-41-37(28-33)36-27-32(19-22-40(36)49-41)31-18-21-39-35(26-31)34-16-8-9-17-38(34)45(39)24-10-3-11-25-45/h2*1-2,4-9,12-23,26-28H,3,10-11,24-25H2. The van der Waals surface area contributed by atoms with Gasteiger partial charge in [0.15, 0.2) is 34.9 Å². The Morgan fingerprint density at radius 1 is 0.235 bits per heavy atom. The topological polar surface area (TPSA) is 90.5 Å². The minimum absolute atomic E-state index is 0.166. The zero-order valence-electron chi connectivity index (χ0n) is 54.1. The van der Waals surface area contributed by atoms with Crippen molar-refractivity contribution in [1.29, 1.82) is 0 Å². The van der Waals surface area contributed by atoms with Crippen LogP contribution in [0.25, 0.3) is 155 Å². The summed E-state index contributed by atoms with van der Waals surface area (Å²) in [6, 6.07) is 99.7. The molecule has 4 aliphatic carbocycles. The summed E-state index contributed by atoms with van der Waals surface area (Å²) in [7, 11) is 0. The van der Waals surface area contributed by atoms with Crippen LogP contribution in [0.1, 0.15) is 86.5 Å². The van der Waals surface area contributed by atoms with E-state index >= 15 is 0 Å². The van der Waals surface area contributed by atoms with Gasteiger partial charge in [-0.05, 0) is 165 Å². The molecule has 468 valence electrons. The van der Waals surface area contributed by atoms with Crippen molar-refractivity contribution in [2.75, 3.05) is 0 Å². The van der Waals surface area contributed by atoms with Crippen LogP contribution in [0.3, 0.4) is 0 Å². The molecule has 12 aromatic carbocycles. The van der Waals surface area contributed by atoms with Gasteiger partial charge >= 0.3 is 0 Å². The van der Waals surface area contributed by atoms with Gasteiger partial charge in [0.1, 0.15) is 11.2 Å². The van der Waals surface area contributed by atoms with E-state index < -0.39 is 0 Å². The molecular formula is C90H66N6OS. The summed E-state index contributed by atoms with van der Waals surface area (Å²) in [4.78, 5) is 29.7. The number of hydrogen-bond donors (Lipinski definition) is 0. The smallest absolute Gasteiger partial charge is 0.164 e. The highest BCUT2D eigenvalue weighted by atomic mass is 32.1. The molecule has 2 spiro atoms. The molecule has 20 rings (SSSR count). The van der Waals surface area contributed by atoms with Crippen molar-refractivity contribution in [1.82, 2.24) is 29.9 Å². The molecule has 7 nitrogen and oxygen atoms in total. The Morgan fingerprint density at radius 3 is 0.949 bits per heavy atom. The lowest BCUT2D eigenvalue weighted by atomic mass is 9.68. The molecule has 2 fully saturated rings. The second kappa shape index (κ2) is 23.8. The third kappa shape index (κ3) is 9.90. The molecule has 0 radical (unpaired) electrons. The number of thiophene rings is 1. The fourth-order valence-electron chi connectivity index (χ4n) is 16.7. The average Bonchev–Trinajstić information content (AvgIpc) is 1.57. The normalized spacial score (nSPS) is 14.7. The number of benzene rings is 12. The SMILES string of the molecule is c1ccc(-c2nc(-c3ccccc3)nc(-c3ccc4oc5ccc(-c6ccc7c(c6)-c6ccccc6C76CCCCC6)cc5c4c3)n2)cc1.c1ccc(-c2nc(-c3ccccc3)nc(-c3ccc4sc5ccc(-c6ccc7c(c6)-c6ccccc6C76CCCCC6)cc5c4c3)n2)cc1. The summed E-state index contributed by atoms with van der Waals surface area (Å²) < 4.78 is 8.91. The molecule has 4 aliphatic rings. The molecule has 0 amide bonds. The van der Waals surface area contributed by atoms with Gasteiger partial charge in [-0.2, -0.15) is 0 Å². The molecule has 0 atom stereocenters. The highest BCUT2D eigenvalue weighted by molar-refractivity contribution is 7.25. The molecular weight excluding hydrogens is 1210 g/mol. The fraction of sp³-hybridized carbons (Fsp3) is 0.133. The maximum Gasteiger partial charge on any atom is 0.164 e. The van der Waals surface area contributed by atoms with Gasteiger partial charge in [-0.15, -0.1) is 11.3 Å². The summed E-state index contributed by atoms with van der Waals surface area (Å²) in [6.07, 6.45) is 12.9. The number of rotatable bonds is 8. The molecule has 4 aromatic heterocycles. The quantitative estimate of drug-likeness (QED) is 0.150. The van der Waals surface area contributed by atoms with Gasteiger partial charge in [0, 0.05) is 75.2 Å². The first-order chi connectivity index (χ1) is 48.5. The first-order valence-electron chi connectivity index (χ1n) is 34.6. The number of fused-ring (bicyclic) bond motifs is 16. The van der Waals surface area contributed by atoms with Crippen molar-refractivity contribution < 1.29 is 4.42 Å². The molecule has 98 heavy (non-hydrogen) atoms. The van der Waals surface area contributed by atoms with Crippen LogP contribution in [0, 0.1) is 0 Å². The monoisotopic (exact) mass is 1280 g/mol. The maximum atomic E-state index is 6.36. The van der Waals surface area contributed by atoms with E-state index in [2.05, 4.69) is 170 Å². The minimum atomic E-state index is 0.166. The number of nitrogens with zero attached hydrogens (tertiary/aromatic N) is 6. The molecule has 0 unspecified atom stereocenters. The lowest BCUT2D eigenvalue weighted by Gasteiger charge is -2.36. The highest BCUT2D eigenvalue weighted by Crippen LogP contribution is 2.58. The Balaban J connectivity index is 0.000000137. The van der Waals surface area contributed by atoms with E-state index in [0.717, 1.165) is 55.3 Å². The second-order valence-electron chi connectivity index (χ2n) is 27.0. The molecule has 0 aliphatic heterocycles. The van der Waals surface area contributed by atoms with E-state index in [9.17, 15) is 0 Å². The van der Waals surface area contributed by atoms with Crippen molar-refractivity contribution in [3.63, 3.8) is 0 Å². The van der Waals surface area contributed by atoms with Crippen LogP contribution in [0.2, 0.25) is 0 Å². The Morgan fingerprint density at radius 2 is 0.531 bits per heavy atom. The van der Waals surface area contributed by atoms with Crippen molar-refractivity contribution in [2.24, 2.45) is 0 Å². The Kier molecular flexibility index (Phi) is 14.1. The van der Waals surface area contributed by atoms with Crippen LogP contribution in [0.4, 0.5) is 0 Å². The molecule has 0 N–H and O–H groups in total. The van der Waals surface area contributed by atoms with Crippen molar-refractivity contribution in [2.45, 2.75) is 75.0 Å². The lowest BCUT2D eigenvalue weighted by Crippen LogP contribution is -2.27. The van der Waals surface area contributed by atoms with Crippen LogP contribution in [-0.2, 0) is 10.8 Å². The molecule has 8 heteroatoms. The first kappa shape index (κ1) is 58.1. The molecule has 4 heterocycles. The van der Waals surface area contributed by atoms with E-state index in [0.29, 0.717) is 34.9 Å². The third-order valence-electron chi connectivity index (χ3n) is 21.5. The molecule has 2 saturated carbocycles. The van der Waals surface area contributed by atoms with Crippen LogP contribution in [-0.4, -0.2) is 29.9 Å².